The Balaban J connectivity index is 2.30. The number of rotatable bonds is 2. The lowest BCUT2D eigenvalue weighted by Gasteiger charge is -2.10. The molecule has 0 spiro atoms. The molecule has 3 aromatic rings. The number of nitrogens with two attached hydrogens (primary N) is 1. The molecule has 94 valence electrons. The maximum atomic E-state index is 7.67. The molecule has 1 aromatic heterocycles. The van der Waals surface area contributed by atoms with Gasteiger partial charge in [-0.3, -0.25) is 9.98 Å². The van der Waals surface area contributed by atoms with Crippen molar-refractivity contribution in [3.05, 3.63) is 59.4 Å². The number of amidine groups is 1. The monoisotopic (exact) mass is 270 g/mol. The smallest absolute Gasteiger partial charge is 0.124 e. The molecule has 4 nitrogen and oxygen atoms in total. The second kappa shape index (κ2) is 4.40. The Morgan fingerprint density at radius 3 is 2.79 bits per heavy atom. The van der Waals surface area contributed by atoms with E-state index >= 15 is 0 Å². The number of nitrogens with one attached hydrogen (secondary N) is 1. The number of para-hydroxylation sites is 2. The van der Waals surface area contributed by atoms with Crippen molar-refractivity contribution in [2.45, 2.75) is 0 Å². The lowest BCUT2D eigenvalue weighted by atomic mass is 10.1. The van der Waals surface area contributed by atoms with Gasteiger partial charge >= 0.3 is 0 Å². The highest BCUT2D eigenvalue weighted by Crippen LogP contribution is 2.23. The van der Waals surface area contributed by atoms with Crippen molar-refractivity contribution in [1.82, 2.24) is 9.55 Å². The lowest BCUT2D eigenvalue weighted by molar-refractivity contribution is 1.08. The summed E-state index contributed by atoms with van der Waals surface area (Å²) in [6.45, 7) is 0. The molecule has 0 aliphatic rings. The molecule has 2 aromatic carbocycles. The van der Waals surface area contributed by atoms with Crippen LogP contribution in [0.3, 0.4) is 0 Å². The third-order valence-electron chi connectivity index (χ3n) is 2.96. The third-order valence-corrected chi connectivity index (χ3v) is 3.20. The SMILES string of the molecule is N=C(N)c1cc(Cl)ccc1-n1cnc2ccccc21. The number of nitrogens with zero attached hydrogens (tertiary/aromatic N) is 2. The Bertz CT molecular complexity index is 776. The van der Waals surface area contributed by atoms with E-state index in [4.69, 9.17) is 22.7 Å². The fourth-order valence-electron chi connectivity index (χ4n) is 2.09. The molecular weight excluding hydrogens is 260 g/mol. The van der Waals surface area contributed by atoms with Gasteiger partial charge in [-0.2, -0.15) is 0 Å². The molecule has 0 radical (unpaired) electrons. The standard InChI is InChI=1S/C14H11ClN4/c15-9-5-6-12(10(7-9)14(16)17)19-8-18-11-3-1-2-4-13(11)19/h1-8H,(H3,16,17). The van der Waals surface area contributed by atoms with Gasteiger partial charge in [0.1, 0.15) is 12.2 Å². The van der Waals surface area contributed by atoms with Crippen molar-refractivity contribution in [3.63, 3.8) is 0 Å². The minimum atomic E-state index is -0.0183. The molecule has 5 heteroatoms. The van der Waals surface area contributed by atoms with Crippen LogP contribution in [0.25, 0.3) is 16.7 Å². The van der Waals surface area contributed by atoms with Crippen LogP contribution in [0.15, 0.2) is 48.8 Å². The summed E-state index contributed by atoms with van der Waals surface area (Å²) in [5.41, 5.74) is 8.88. The van der Waals surface area contributed by atoms with Crippen LogP contribution in [0, 0.1) is 5.41 Å². The zero-order valence-corrected chi connectivity index (χ0v) is 10.7. The lowest BCUT2D eigenvalue weighted by Crippen LogP contribution is -2.14. The first-order valence-corrected chi connectivity index (χ1v) is 6.11. The first-order valence-electron chi connectivity index (χ1n) is 5.73. The summed E-state index contributed by atoms with van der Waals surface area (Å²) in [4.78, 5) is 4.34. The minimum absolute atomic E-state index is 0.0183. The molecule has 3 N–H and O–H groups in total. The Hall–Kier alpha value is -2.33. The molecule has 19 heavy (non-hydrogen) atoms. The molecule has 0 saturated heterocycles. The average Bonchev–Trinajstić information content (AvgIpc) is 2.82. The van der Waals surface area contributed by atoms with E-state index in [1.165, 1.54) is 0 Å². The van der Waals surface area contributed by atoms with Gasteiger partial charge in [-0.25, -0.2) is 4.98 Å². The number of benzene rings is 2. The number of hydrogen-bond donors (Lipinski definition) is 2. The van der Waals surface area contributed by atoms with E-state index < -0.39 is 0 Å². The predicted octanol–water partition coefficient (Wildman–Crippen LogP) is 2.96. The fraction of sp³-hybridized carbons (Fsp3) is 0. The van der Waals surface area contributed by atoms with Crippen molar-refractivity contribution in [2.24, 2.45) is 5.73 Å². The molecule has 0 aliphatic heterocycles. The fourth-order valence-corrected chi connectivity index (χ4v) is 2.26. The van der Waals surface area contributed by atoms with E-state index in [9.17, 15) is 0 Å². The van der Waals surface area contributed by atoms with Gasteiger partial charge in [-0.1, -0.05) is 23.7 Å². The predicted molar refractivity (Wildman–Crippen MR) is 77.1 cm³/mol. The molecule has 0 bridgehead atoms. The highest BCUT2D eigenvalue weighted by atomic mass is 35.5. The van der Waals surface area contributed by atoms with Gasteiger partial charge in [0.2, 0.25) is 0 Å². The van der Waals surface area contributed by atoms with E-state index in [2.05, 4.69) is 4.98 Å². The number of halogens is 1. The Morgan fingerprint density at radius 2 is 2.00 bits per heavy atom. The van der Waals surface area contributed by atoms with Crippen LogP contribution in [0.1, 0.15) is 5.56 Å². The van der Waals surface area contributed by atoms with Crippen LogP contribution in [0.5, 0.6) is 0 Å². The molecule has 3 rings (SSSR count). The van der Waals surface area contributed by atoms with Gasteiger partial charge in [-0.05, 0) is 30.3 Å². The second-order valence-electron chi connectivity index (χ2n) is 4.18. The van der Waals surface area contributed by atoms with Crippen LogP contribution < -0.4 is 5.73 Å². The van der Waals surface area contributed by atoms with Crippen molar-refractivity contribution < 1.29 is 0 Å². The first-order chi connectivity index (χ1) is 9.16. The van der Waals surface area contributed by atoms with Gasteiger partial charge in [0.15, 0.2) is 0 Å². The quantitative estimate of drug-likeness (QED) is 0.555. The minimum Gasteiger partial charge on any atom is -0.384 e. The van der Waals surface area contributed by atoms with E-state index in [0.29, 0.717) is 10.6 Å². The molecule has 0 saturated carbocycles. The molecule has 0 unspecified atom stereocenters. The van der Waals surface area contributed by atoms with Crippen LogP contribution in [0.4, 0.5) is 0 Å². The van der Waals surface area contributed by atoms with Crippen molar-refractivity contribution in [1.29, 1.82) is 5.41 Å². The van der Waals surface area contributed by atoms with Gasteiger partial charge < -0.3 is 5.73 Å². The highest BCUT2D eigenvalue weighted by molar-refractivity contribution is 6.31. The second-order valence-corrected chi connectivity index (χ2v) is 4.61. The van der Waals surface area contributed by atoms with Crippen molar-refractivity contribution in [3.8, 4) is 5.69 Å². The van der Waals surface area contributed by atoms with E-state index in [-0.39, 0.29) is 5.84 Å². The molecule has 0 atom stereocenters. The van der Waals surface area contributed by atoms with Gasteiger partial charge in [0.05, 0.1) is 16.7 Å². The summed E-state index contributed by atoms with van der Waals surface area (Å²) in [7, 11) is 0. The van der Waals surface area contributed by atoms with E-state index in [0.717, 1.165) is 16.7 Å². The van der Waals surface area contributed by atoms with Crippen LogP contribution >= 0.6 is 11.6 Å². The topological polar surface area (TPSA) is 67.7 Å². The maximum absolute atomic E-state index is 7.67. The summed E-state index contributed by atoms with van der Waals surface area (Å²) in [6, 6.07) is 13.1. The summed E-state index contributed by atoms with van der Waals surface area (Å²) < 4.78 is 1.91. The van der Waals surface area contributed by atoms with Crippen LogP contribution in [0.2, 0.25) is 5.02 Å². The van der Waals surface area contributed by atoms with E-state index in [1.54, 1.807) is 18.5 Å². The van der Waals surface area contributed by atoms with Gasteiger partial charge in [-0.15, -0.1) is 0 Å². The third kappa shape index (κ3) is 1.96. The Labute approximate surface area is 115 Å². The Morgan fingerprint density at radius 1 is 1.21 bits per heavy atom. The van der Waals surface area contributed by atoms with E-state index in [1.807, 2.05) is 34.9 Å². The van der Waals surface area contributed by atoms with Gasteiger partial charge in [0, 0.05) is 10.6 Å². The number of imidazole rings is 1. The summed E-state index contributed by atoms with van der Waals surface area (Å²) in [5.74, 6) is -0.0183. The first kappa shape index (κ1) is 11.7. The number of fused-ring (bicyclic) bond motifs is 1. The molecular formula is C14H11ClN4. The summed E-state index contributed by atoms with van der Waals surface area (Å²) >= 11 is 5.96. The number of hydrogen-bond acceptors (Lipinski definition) is 2. The zero-order valence-electron chi connectivity index (χ0n) is 9.97. The molecule has 0 fully saturated rings. The number of nitrogen functional groups attached to an aromatic ring is 1. The van der Waals surface area contributed by atoms with Crippen molar-refractivity contribution in [2.75, 3.05) is 0 Å². The molecule has 0 amide bonds. The molecule has 0 aliphatic carbocycles. The normalized spacial score (nSPS) is 10.8. The maximum Gasteiger partial charge on any atom is 0.124 e. The summed E-state index contributed by atoms with van der Waals surface area (Å²) in [6.07, 6.45) is 1.72. The van der Waals surface area contributed by atoms with Crippen LogP contribution in [-0.4, -0.2) is 15.4 Å². The van der Waals surface area contributed by atoms with Crippen molar-refractivity contribution >= 4 is 28.5 Å². The van der Waals surface area contributed by atoms with Crippen LogP contribution in [-0.2, 0) is 0 Å². The number of aromatic nitrogens is 2. The highest BCUT2D eigenvalue weighted by Gasteiger charge is 2.11. The summed E-state index contributed by atoms with van der Waals surface area (Å²) in [5, 5.41) is 8.22. The largest absolute Gasteiger partial charge is 0.384 e. The zero-order chi connectivity index (χ0) is 13.4. The van der Waals surface area contributed by atoms with Gasteiger partial charge in [0.25, 0.3) is 0 Å². The molecule has 1 heterocycles. The Kier molecular flexibility index (Phi) is 2.72. The average molecular weight is 271 g/mol.